The molecule has 0 aliphatic carbocycles. The summed E-state index contributed by atoms with van der Waals surface area (Å²) in [6.07, 6.45) is 0. The molecule has 4 aromatic heterocycles. The summed E-state index contributed by atoms with van der Waals surface area (Å²) in [6, 6.07) is 49.8. The molecule has 8 aromatic carbocycles. The van der Waals surface area contributed by atoms with E-state index in [9.17, 15) is 5.26 Å². The first kappa shape index (κ1) is 30.7. The van der Waals surface area contributed by atoms with E-state index in [1.807, 2.05) is 109 Å². The number of fused-ring (bicyclic) bond motifs is 14. The Morgan fingerprint density at radius 1 is 0.446 bits per heavy atom. The van der Waals surface area contributed by atoms with Crippen LogP contribution < -0.4 is 0 Å². The van der Waals surface area contributed by atoms with Crippen molar-refractivity contribution in [2.24, 2.45) is 0 Å². The van der Waals surface area contributed by atoms with Gasteiger partial charge in [-0.3, -0.25) is 0 Å². The molecule has 12 aromatic rings. The van der Waals surface area contributed by atoms with Gasteiger partial charge in [-0.05, 0) is 78.4 Å². The number of nitriles is 1. The van der Waals surface area contributed by atoms with Gasteiger partial charge in [0.25, 0.3) is 0 Å². The maximum Gasteiger partial charge on any atom is 0.137 e. The zero-order valence-corrected chi connectivity index (χ0v) is 29.3. The first-order valence-electron chi connectivity index (χ1n) is 18.3. The van der Waals surface area contributed by atoms with Crippen molar-refractivity contribution >= 4 is 87.5 Å². The van der Waals surface area contributed by atoms with Gasteiger partial charge in [0.15, 0.2) is 0 Å². The van der Waals surface area contributed by atoms with Gasteiger partial charge in [0.05, 0.1) is 49.8 Å². The van der Waals surface area contributed by atoms with E-state index in [2.05, 4.69) is 27.3 Å². The number of aromatic nitrogens is 2. The summed E-state index contributed by atoms with van der Waals surface area (Å²) in [4.78, 5) is 0. The molecule has 262 valence electrons. The van der Waals surface area contributed by atoms with Crippen molar-refractivity contribution in [1.82, 2.24) is 9.13 Å². The van der Waals surface area contributed by atoms with E-state index in [1.54, 1.807) is 12.1 Å². The maximum atomic E-state index is 16.0. The SMILES string of the molecule is N#Cc1c(-n2c3ccccc3c3ccc4oc5ccccc5c4c32)cc(-c2c(F)cccc2F)cc1-n1c2ccccc2c2ccc3oc4ccccc4c3c21. The predicted molar refractivity (Wildman–Crippen MR) is 220 cm³/mol. The van der Waals surface area contributed by atoms with Crippen LogP contribution in [0.1, 0.15) is 5.56 Å². The van der Waals surface area contributed by atoms with Crippen LogP contribution in [0.3, 0.4) is 0 Å². The smallest absolute Gasteiger partial charge is 0.137 e. The summed E-state index contributed by atoms with van der Waals surface area (Å²) in [6.45, 7) is 0. The fourth-order valence-electron chi connectivity index (χ4n) is 9.03. The lowest BCUT2D eigenvalue weighted by Gasteiger charge is -2.19. The average molecular weight is 726 g/mol. The number of halogens is 2. The minimum atomic E-state index is -0.706. The van der Waals surface area contributed by atoms with Gasteiger partial charge in [0.2, 0.25) is 0 Å². The Bertz CT molecular complexity index is 3480. The molecule has 0 N–H and O–H groups in total. The van der Waals surface area contributed by atoms with Crippen molar-refractivity contribution in [2.45, 2.75) is 0 Å². The van der Waals surface area contributed by atoms with E-state index in [4.69, 9.17) is 8.83 Å². The predicted octanol–water partition coefficient (Wildman–Crippen LogP) is 13.5. The van der Waals surface area contributed by atoms with Gasteiger partial charge in [0.1, 0.15) is 45.6 Å². The average Bonchev–Trinajstić information content (AvgIpc) is 3.97. The zero-order chi connectivity index (χ0) is 37.2. The van der Waals surface area contributed by atoms with Gasteiger partial charge in [-0.2, -0.15) is 5.26 Å². The van der Waals surface area contributed by atoms with E-state index < -0.39 is 11.6 Å². The van der Waals surface area contributed by atoms with Crippen molar-refractivity contribution in [3.63, 3.8) is 0 Å². The monoisotopic (exact) mass is 725 g/mol. The van der Waals surface area contributed by atoms with Crippen molar-refractivity contribution in [2.75, 3.05) is 0 Å². The number of hydrogen-bond acceptors (Lipinski definition) is 3. The second kappa shape index (κ2) is 11.2. The minimum absolute atomic E-state index is 0.182. The lowest BCUT2D eigenvalue weighted by molar-refractivity contribution is 0.589. The number of para-hydroxylation sites is 4. The summed E-state index contributed by atoms with van der Waals surface area (Å²) in [5, 5.41) is 18.9. The lowest BCUT2D eigenvalue weighted by Crippen LogP contribution is -2.06. The first-order valence-corrected chi connectivity index (χ1v) is 18.3. The molecule has 0 aliphatic rings. The summed E-state index contributed by atoms with van der Waals surface area (Å²) in [7, 11) is 0. The molecule has 0 fully saturated rings. The molecule has 0 bridgehead atoms. The molecule has 0 radical (unpaired) electrons. The summed E-state index contributed by atoms with van der Waals surface area (Å²) in [5.74, 6) is -1.41. The fraction of sp³-hybridized carbons (Fsp3) is 0. The normalized spacial score (nSPS) is 12.1. The van der Waals surface area contributed by atoms with E-state index in [1.165, 1.54) is 18.2 Å². The molecule has 0 atom stereocenters. The third-order valence-electron chi connectivity index (χ3n) is 11.3. The van der Waals surface area contributed by atoms with Crippen LogP contribution in [0.15, 0.2) is 160 Å². The highest BCUT2D eigenvalue weighted by atomic mass is 19.1. The van der Waals surface area contributed by atoms with Crippen LogP contribution in [-0.4, -0.2) is 9.13 Å². The Labute approximate surface area is 316 Å². The number of benzene rings is 8. The van der Waals surface area contributed by atoms with Gasteiger partial charge in [-0.1, -0.05) is 78.9 Å². The van der Waals surface area contributed by atoms with E-state index in [0.717, 1.165) is 76.3 Å². The molecule has 0 spiro atoms. The molecule has 0 amide bonds. The van der Waals surface area contributed by atoms with Crippen LogP contribution in [0, 0.1) is 23.0 Å². The van der Waals surface area contributed by atoms with E-state index in [-0.39, 0.29) is 11.1 Å². The minimum Gasteiger partial charge on any atom is -0.456 e. The number of rotatable bonds is 3. The quantitative estimate of drug-likeness (QED) is 0.182. The molecule has 0 saturated heterocycles. The Hall–Kier alpha value is -7.69. The van der Waals surface area contributed by atoms with Crippen LogP contribution in [0.2, 0.25) is 0 Å². The first-order chi connectivity index (χ1) is 27.6. The van der Waals surface area contributed by atoms with Gasteiger partial charge in [-0.25, -0.2) is 8.78 Å². The third kappa shape index (κ3) is 3.99. The largest absolute Gasteiger partial charge is 0.456 e. The van der Waals surface area contributed by atoms with Crippen molar-refractivity contribution in [1.29, 1.82) is 5.26 Å². The van der Waals surface area contributed by atoms with Crippen molar-refractivity contribution in [3.8, 4) is 28.6 Å². The zero-order valence-electron chi connectivity index (χ0n) is 29.3. The van der Waals surface area contributed by atoms with Crippen LogP contribution in [0.25, 0.3) is 110 Å². The molecule has 7 heteroatoms. The summed E-state index contributed by atoms with van der Waals surface area (Å²) >= 11 is 0. The molecule has 0 aliphatic heterocycles. The number of nitrogens with zero attached hydrogens (tertiary/aromatic N) is 3. The van der Waals surface area contributed by atoms with Gasteiger partial charge in [-0.15, -0.1) is 0 Å². The number of hydrogen-bond donors (Lipinski definition) is 0. The van der Waals surface area contributed by atoms with Gasteiger partial charge >= 0.3 is 0 Å². The van der Waals surface area contributed by atoms with Crippen LogP contribution in [0.5, 0.6) is 0 Å². The molecule has 0 saturated carbocycles. The standard InChI is InChI=1S/C49H25F2N3O2/c50-35-14-9-15-36(51)45(35)27-24-39(53-37-16-5-1-10-28(37)30-20-22-43-46(48(30)53)32-12-3-7-18-41(32)55-43)34(26-52)40(25-27)54-38-17-6-2-11-29(38)31-21-23-44-47(49(31)54)33-13-4-8-19-42(33)56-44/h1-25H. The molecule has 0 unspecified atom stereocenters. The lowest BCUT2D eigenvalue weighted by atomic mass is 9.98. The Kier molecular flexibility index (Phi) is 6.13. The van der Waals surface area contributed by atoms with E-state index >= 15 is 8.78 Å². The van der Waals surface area contributed by atoms with Crippen LogP contribution in [-0.2, 0) is 0 Å². The number of furan rings is 2. The third-order valence-corrected chi connectivity index (χ3v) is 11.3. The Morgan fingerprint density at radius 3 is 1.38 bits per heavy atom. The van der Waals surface area contributed by atoms with Crippen molar-refractivity contribution < 1.29 is 17.6 Å². The molecule has 4 heterocycles. The van der Waals surface area contributed by atoms with Crippen LogP contribution in [0.4, 0.5) is 8.78 Å². The Balaban J connectivity index is 1.33. The molecular weight excluding hydrogens is 701 g/mol. The molecule has 56 heavy (non-hydrogen) atoms. The molecule has 5 nitrogen and oxygen atoms in total. The highest BCUT2D eigenvalue weighted by molar-refractivity contribution is 6.26. The second-order valence-electron chi connectivity index (χ2n) is 14.2. The summed E-state index contributed by atoms with van der Waals surface area (Å²) in [5.41, 5.74) is 7.54. The molecule has 12 rings (SSSR count). The molecular formula is C49H25F2N3O2. The summed E-state index contributed by atoms with van der Waals surface area (Å²) < 4.78 is 48.9. The topological polar surface area (TPSA) is 59.9 Å². The van der Waals surface area contributed by atoms with Crippen molar-refractivity contribution in [3.05, 3.63) is 169 Å². The fourth-order valence-corrected chi connectivity index (χ4v) is 9.03. The van der Waals surface area contributed by atoms with E-state index in [0.29, 0.717) is 28.1 Å². The van der Waals surface area contributed by atoms with Gasteiger partial charge in [0, 0.05) is 32.3 Å². The maximum absolute atomic E-state index is 16.0. The Morgan fingerprint density at radius 2 is 0.893 bits per heavy atom. The second-order valence-corrected chi connectivity index (χ2v) is 14.2. The highest BCUT2D eigenvalue weighted by Gasteiger charge is 2.27. The van der Waals surface area contributed by atoms with Gasteiger partial charge < -0.3 is 18.0 Å². The highest BCUT2D eigenvalue weighted by Crippen LogP contribution is 2.46. The van der Waals surface area contributed by atoms with Crippen LogP contribution >= 0.6 is 0 Å².